The van der Waals surface area contributed by atoms with Crippen molar-refractivity contribution in [3.8, 4) is 0 Å². The van der Waals surface area contributed by atoms with Gasteiger partial charge < -0.3 is 10.2 Å². The molecule has 0 aliphatic heterocycles. The minimum absolute atomic E-state index is 0.351. The quantitative estimate of drug-likeness (QED) is 0.599. The zero-order valence-electron chi connectivity index (χ0n) is 10.5. The van der Waals surface area contributed by atoms with Crippen LogP contribution in [0.2, 0.25) is 0 Å². The Labute approximate surface area is 106 Å². The Balaban J connectivity index is 2.56. The van der Waals surface area contributed by atoms with Gasteiger partial charge in [0.25, 0.3) is 0 Å². The lowest BCUT2D eigenvalue weighted by molar-refractivity contribution is 0.437. The fourth-order valence-corrected chi connectivity index (χ4v) is 2.09. The number of nitrogens with one attached hydrogen (secondary N) is 1. The van der Waals surface area contributed by atoms with Crippen LogP contribution in [0.1, 0.15) is 13.3 Å². The van der Waals surface area contributed by atoms with E-state index in [2.05, 4.69) is 27.1 Å². The Bertz CT molecular complexity index is 346. The molecule has 0 unspecified atom stereocenters. The summed E-state index contributed by atoms with van der Waals surface area (Å²) in [5.74, 6) is 0.963. The van der Waals surface area contributed by atoms with Crippen LogP contribution < -0.4 is 5.32 Å². The minimum Gasteiger partial charge on any atom is -0.354 e. The summed E-state index contributed by atoms with van der Waals surface area (Å²) < 4.78 is 13.4. The molecule has 1 rings (SSSR count). The fraction of sp³-hybridized carbons (Fsp3) is 0.636. The molecule has 1 heterocycles. The Hall–Kier alpha value is -0.880. The number of nitrogens with zero attached hydrogens (tertiary/aromatic N) is 3. The minimum atomic E-state index is -0.351. The lowest BCUT2D eigenvalue weighted by atomic mass is 10.5. The molecule has 0 saturated heterocycles. The first-order valence-corrected chi connectivity index (χ1v) is 6.66. The summed E-state index contributed by atoms with van der Waals surface area (Å²) >= 11 is 1.42. The first-order chi connectivity index (χ1) is 8.13. The van der Waals surface area contributed by atoms with Gasteiger partial charge in [0.1, 0.15) is 5.03 Å². The molecule has 6 heteroatoms. The molecule has 0 atom stereocenters. The summed E-state index contributed by atoms with van der Waals surface area (Å²) in [5, 5.41) is 3.47. The number of halogens is 1. The number of rotatable bonds is 7. The Morgan fingerprint density at radius 2 is 2.24 bits per heavy atom. The van der Waals surface area contributed by atoms with Crippen LogP contribution in [0, 0.1) is 5.82 Å². The van der Waals surface area contributed by atoms with Crippen molar-refractivity contribution < 1.29 is 4.39 Å². The third-order valence-corrected chi connectivity index (χ3v) is 2.97. The zero-order valence-corrected chi connectivity index (χ0v) is 11.4. The van der Waals surface area contributed by atoms with Crippen LogP contribution in [0.25, 0.3) is 0 Å². The van der Waals surface area contributed by atoms with Crippen LogP contribution in [0.3, 0.4) is 0 Å². The molecule has 0 radical (unpaired) electrons. The van der Waals surface area contributed by atoms with Crippen molar-refractivity contribution in [2.75, 3.05) is 38.3 Å². The van der Waals surface area contributed by atoms with Crippen molar-refractivity contribution in [1.82, 2.24) is 14.9 Å². The maximum atomic E-state index is 13.4. The third-order valence-electron chi connectivity index (χ3n) is 2.02. The van der Waals surface area contributed by atoms with Gasteiger partial charge in [0.05, 0.1) is 6.20 Å². The van der Waals surface area contributed by atoms with E-state index in [-0.39, 0.29) is 5.82 Å². The molecule has 0 spiro atoms. The number of anilines is 1. The van der Waals surface area contributed by atoms with Crippen LogP contribution >= 0.6 is 11.8 Å². The summed E-state index contributed by atoms with van der Waals surface area (Å²) in [6.45, 7) is 3.75. The van der Waals surface area contributed by atoms with Crippen molar-refractivity contribution in [2.24, 2.45) is 0 Å². The molecule has 1 aromatic rings. The van der Waals surface area contributed by atoms with E-state index in [0.29, 0.717) is 11.0 Å². The molecule has 17 heavy (non-hydrogen) atoms. The standard InChI is InChI=1S/C11H19FN4S/c1-4-5-13-11-14-8-9(12)10(15-11)17-7-6-16(2)3/h8H,4-7H2,1-3H3,(H,13,14,15). The average molecular weight is 258 g/mol. The van der Waals surface area contributed by atoms with E-state index in [1.807, 2.05) is 14.1 Å². The van der Waals surface area contributed by atoms with Gasteiger partial charge in [0, 0.05) is 18.8 Å². The first-order valence-electron chi connectivity index (χ1n) is 5.67. The molecule has 0 aromatic carbocycles. The molecule has 0 aliphatic rings. The number of hydrogen-bond acceptors (Lipinski definition) is 5. The van der Waals surface area contributed by atoms with Gasteiger partial charge in [-0.3, -0.25) is 0 Å². The van der Waals surface area contributed by atoms with Crippen LogP contribution in [0.15, 0.2) is 11.2 Å². The number of hydrogen-bond donors (Lipinski definition) is 1. The predicted molar refractivity (Wildman–Crippen MR) is 70.0 cm³/mol. The maximum Gasteiger partial charge on any atom is 0.223 e. The molecule has 0 bridgehead atoms. The van der Waals surface area contributed by atoms with Crippen molar-refractivity contribution in [2.45, 2.75) is 18.4 Å². The predicted octanol–water partition coefficient (Wildman–Crippen LogP) is 2.09. The molecular weight excluding hydrogens is 239 g/mol. The first kappa shape index (κ1) is 14.2. The fourth-order valence-electron chi connectivity index (χ4n) is 1.10. The summed E-state index contributed by atoms with van der Waals surface area (Å²) in [5.41, 5.74) is 0. The third kappa shape index (κ3) is 5.32. The molecule has 0 saturated carbocycles. The summed E-state index contributed by atoms with van der Waals surface area (Å²) in [7, 11) is 3.98. The van der Waals surface area contributed by atoms with E-state index in [0.717, 1.165) is 25.3 Å². The summed E-state index contributed by atoms with van der Waals surface area (Å²) in [4.78, 5) is 10.1. The largest absolute Gasteiger partial charge is 0.354 e. The number of thioether (sulfide) groups is 1. The lowest BCUT2D eigenvalue weighted by Gasteiger charge is -2.09. The van der Waals surface area contributed by atoms with Gasteiger partial charge in [-0.15, -0.1) is 11.8 Å². The molecule has 96 valence electrons. The highest BCUT2D eigenvalue weighted by atomic mass is 32.2. The van der Waals surface area contributed by atoms with Gasteiger partial charge in [-0.1, -0.05) is 6.92 Å². The van der Waals surface area contributed by atoms with E-state index >= 15 is 0 Å². The smallest absolute Gasteiger partial charge is 0.223 e. The highest BCUT2D eigenvalue weighted by Gasteiger charge is 2.07. The topological polar surface area (TPSA) is 41.1 Å². The van der Waals surface area contributed by atoms with Crippen molar-refractivity contribution in [1.29, 1.82) is 0 Å². The molecule has 0 amide bonds. The van der Waals surface area contributed by atoms with E-state index in [4.69, 9.17) is 0 Å². The second kappa shape index (κ2) is 7.45. The Kier molecular flexibility index (Phi) is 6.21. The van der Waals surface area contributed by atoms with Crippen LogP contribution in [-0.2, 0) is 0 Å². The van der Waals surface area contributed by atoms with Crippen molar-refractivity contribution in [3.63, 3.8) is 0 Å². The lowest BCUT2D eigenvalue weighted by Crippen LogP contribution is -2.15. The normalized spacial score (nSPS) is 10.9. The van der Waals surface area contributed by atoms with E-state index in [1.54, 1.807) is 0 Å². The molecule has 4 nitrogen and oxygen atoms in total. The van der Waals surface area contributed by atoms with Gasteiger partial charge in [0.2, 0.25) is 5.95 Å². The van der Waals surface area contributed by atoms with Crippen LogP contribution in [-0.4, -0.2) is 47.8 Å². The van der Waals surface area contributed by atoms with E-state index in [1.165, 1.54) is 18.0 Å². The number of aromatic nitrogens is 2. The highest BCUT2D eigenvalue weighted by molar-refractivity contribution is 7.99. The van der Waals surface area contributed by atoms with E-state index < -0.39 is 0 Å². The van der Waals surface area contributed by atoms with Gasteiger partial charge in [0.15, 0.2) is 5.82 Å². The second-order valence-corrected chi connectivity index (χ2v) is 5.01. The Morgan fingerprint density at radius 3 is 2.88 bits per heavy atom. The molecule has 0 fully saturated rings. The summed E-state index contributed by atoms with van der Waals surface area (Å²) in [6, 6.07) is 0. The van der Waals surface area contributed by atoms with Gasteiger partial charge >= 0.3 is 0 Å². The van der Waals surface area contributed by atoms with Gasteiger partial charge in [-0.05, 0) is 20.5 Å². The molecular formula is C11H19FN4S. The highest BCUT2D eigenvalue weighted by Crippen LogP contribution is 2.19. The second-order valence-electron chi connectivity index (χ2n) is 3.93. The van der Waals surface area contributed by atoms with Crippen molar-refractivity contribution in [3.05, 3.63) is 12.0 Å². The average Bonchev–Trinajstić information content (AvgIpc) is 2.29. The zero-order chi connectivity index (χ0) is 12.7. The molecule has 1 N–H and O–H groups in total. The van der Waals surface area contributed by atoms with Crippen molar-refractivity contribution >= 4 is 17.7 Å². The van der Waals surface area contributed by atoms with Crippen LogP contribution in [0.4, 0.5) is 10.3 Å². The molecule has 0 aliphatic carbocycles. The SMILES string of the molecule is CCCNc1ncc(F)c(SCCN(C)C)n1. The van der Waals surface area contributed by atoms with Crippen LogP contribution in [0.5, 0.6) is 0 Å². The maximum absolute atomic E-state index is 13.4. The Morgan fingerprint density at radius 1 is 1.47 bits per heavy atom. The summed E-state index contributed by atoms with van der Waals surface area (Å²) in [6.07, 6.45) is 2.22. The van der Waals surface area contributed by atoms with Gasteiger partial charge in [-0.25, -0.2) is 14.4 Å². The van der Waals surface area contributed by atoms with Gasteiger partial charge in [-0.2, -0.15) is 0 Å². The monoisotopic (exact) mass is 258 g/mol. The van der Waals surface area contributed by atoms with E-state index in [9.17, 15) is 4.39 Å². The molecule has 1 aromatic heterocycles.